The van der Waals surface area contributed by atoms with Crippen molar-refractivity contribution in [3.63, 3.8) is 0 Å². The molecule has 42 heavy (non-hydrogen) atoms. The van der Waals surface area contributed by atoms with E-state index in [-0.39, 0.29) is 23.8 Å². The van der Waals surface area contributed by atoms with Gasteiger partial charge in [0, 0.05) is 74.4 Å². The zero-order valence-electron chi connectivity index (χ0n) is 24.2. The van der Waals surface area contributed by atoms with Gasteiger partial charge in [0.2, 0.25) is 5.91 Å². The highest BCUT2D eigenvalue weighted by Gasteiger charge is 2.36. The third kappa shape index (κ3) is 6.44. The van der Waals surface area contributed by atoms with Gasteiger partial charge in [-0.05, 0) is 56.2 Å². The predicted molar refractivity (Wildman–Crippen MR) is 166 cm³/mol. The molecule has 1 N–H and O–H groups in total. The summed E-state index contributed by atoms with van der Waals surface area (Å²) in [7, 11) is 0. The molecule has 1 fully saturated rings. The number of carbonyl (C=O) groups excluding carboxylic acids is 2. The highest BCUT2D eigenvalue weighted by molar-refractivity contribution is 6.08. The average Bonchev–Trinajstić information content (AvgIpc) is 3.03. The summed E-state index contributed by atoms with van der Waals surface area (Å²) in [5, 5.41) is 2.85. The summed E-state index contributed by atoms with van der Waals surface area (Å²) in [5.41, 5.74) is 2.97. The summed E-state index contributed by atoms with van der Waals surface area (Å²) >= 11 is 0. The van der Waals surface area contributed by atoms with Gasteiger partial charge in [0.15, 0.2) is 0 Å². The molecule has 1 unspecified atom stereocenters. The van der Waals surface area contributed by atoms with Crippen LogP contribution in [0.3, 0.4) is 0 Å². The second-order valence-corrected chi connectivity index (χ2v) is 10.6. The average molecular weight is 568 g/mol. The molecule has 1 aliphatic heterocycles. The maximum absolute atomic E-state index is 15.4. The molecular formula is C34H38FN5O2. The Hall–Kier alpha value is -4.30. The molecule has 0 bridgehead atoms. The number of benzene rings is 2. The summed E-state index contributed by atoms with van der Waals surface area (Å²) in [4.78, 5) is 37.1. The quantitative estimate of drug-likeness (QED) is 0.363. The molecule has 0 radical (unpaired) electrons. The topological polar surface area (TPSA) is 68.8 Å². The first-order valence-electron chi connectivity index (χ1n) is 14.7. The van der Waals surface area contributed by atoms with Crippen LogP contribution in [0, 0.1) is 11.7 Å². The first-order valence-corrected chi connectivity index (χ1v) is 14.7. The van der Waals surface area contributed by atoms with Crippen LogP contribution in [0.2, 0.25) is 0 Å². The predicted octanol–water partition coefficient (Wildman–Crippen LogP) is 5.63. The standard InChI is InChI=1S/C34H38FN5O2/c1-3-38(4-2)34(42)32(25-11-6-5-7-12-25)40-21-19-39(20-22-40)31-17-16-27(23-30(31)35)37-33(41)29-15-9-8-14-28(29)26-13-10-18-36-24-26/h5-11,13-18,23-25,32H,3-4,12,19-22H2,1-2H3,(H,37,41)/t25?,32-/m0/s1. The Bertz CT molecular complexity index is 1450. The van der Waals surface area contributed by atoms with Gasteiger partial charge in [-0.2, -0.15) is 0 Å². The van der Waals surface area contributed by atoms with Crippen molar-refractivity contribution in [2.75, 3.05) is 49.5 Å². The van der Waals surface area contributed by atoms with Gasteiger partial charge in [-0.3, -0.25) is 19.5 Å². The van der Waals surface area contributed by atoms with Gasteiger partial charge in [-0.1, -0.05) is 48.6 Å². The largest absolute Gasteiger partial charge is 0.367 e. The molecule has 2 atom stereocenters. The van der Waals surface area contributed by atoms with Crippen LogP contribution in [0.5, 0.6) is 0 Å². The lowest BCUT2D eigenvalue weighted by atomic mass is 9.90. The van der Waals surface area contributed by atoms with E-state index in [1.54, 1.807) is 36.7 Å². The van der Waals surface area contributed by atoms with E-state index in [0.29, 0.717) is 56.2 Å². The molecule has 2 amide bonds. The summed E-state index contributed by atoms with van der Waals surface area (Å²) < 4.78 is 15.4. The van der Waals surface area contributed by atoms with Crippen LogP contribution in [0.4, 0.5) is 15.8 Å². The number of nitrogens with one attached hydrogen (secondary N) is 1. The second-order valence-electron chi connectivity index (χ2n) is 10.6. The Morgan fingerprint density at radius 2 is 1.81 bits per heavy atom. The number of anilines is 2. The van der Waals surface area contributed by atoms with E-state index in [9.17, 15) is 9.59 Å². The van der Waals surface area contributed by atoms with Crippen molar-refractivity contribution in [3.8, 4) is 11.1 Å². The number of pyridine rings is 1. The van der Waals surface area contributed by atoms with Crippen molar-refractivity contribution in [1.82, 2.24) is 14.8 Å². The van der Waals surface area contributed by atoms with Crippen LogP contribution < -0.4 is 10.2 Å². The minimum Gasteiger partial charge on any atom is -0.367 e. The number of likely N-dealkylation sites (N-methyl/N-ethyl adjacent to an activating group) is 1. The van der Waals surface area contributed by atoms with Crippen molar-refractivity contribution in [2.24, 2.45) is 5.92 Å². The van der Waals surface area contributed by atoms with E-state index < -0.39 is 5.82 Å². The van der Waals surface area contributed by atoms with E-state index in [1.165, 1.54) is 6.07 Å². The van der Waals surface area contributed by atoms with E-state index >= 15 is 4.39 Å². The molecule has 218 valence electrons. The van der Waals surface area contributed by atoms with Crippen LogP contribution in [0.1, 0.15) is 30.6 Å². The van der Waals surface area contributed by atoms with Crippen LogP contribution >= 0.6 is 0 Å². The van der Waals surface area contributed by atoms with E-state index in [0.717, 1.165) is 17.5 Å². The van der Waals surface area contributed by atoms with Crippen LogP contribution in [-0.4, -0.2) is 71.9 Å². The molecule has 7 nitrogen and oxygen atoms in total. The lowest BCUT2D eigenvalue weighted by Crippen LogP contribution is -2.58. The molecule has 0 spiro atoms. The SMILES string of the molecule is CCN(CC)C(=O)[C@H](C1C=CC=CC1)N1CCN(c2ccc(NC(=O)c3ccccc3-c3cccnc3)cc2F)CC1. The summed E-state index contributed by atoms with van der Waals surface area (Å²) in [6.07, 6.45) is 12.6. The number of piperazine rings is 1. The monoisotopic (exact) mass is 567 g/mol. The smallest absolute Gasteiger partial charge is 0.256 e. The molecule has 8 heteroatoms. The molecule has 2 aromatic carbocycles. The molecule has 3 aromatic rings. The van der Waals surface area contributed by atoms with E-state index in [2.05, 4.69) is 27.4 Å². The lowest BCUT2D eigenvalue weighted by Gasteiger charge is -2.43. The third-order valence-electron chi connectivity index (χ3n) is 8.15. The highest BCUT2D eigenvalue weighted by Crippen LogP contribution is 2.29. The zero-order chi connectivity index (χ0) is 29.5. The Morgan fingerprint density at radius 1 is 1.02 bits per heavy atom. The Kier molecular flexibility index (Phi) is 9.44. The summed E-state index contributed by atoms with van der Waals surface area (Å²) in [6.45, 7) is 7.93. The number of carbonyl (C=O) groups is 2. The highest BCUT2D eigenvalue weighted by atomic mass is 19.1. The summed E-state index contributed by atoms with van der Waals surface area (Å²) in [6, 6.07) is 15.6. The fourth-order valence-corrected chi connectivity index (χ4v) is 5.90. The van der Waals surface area contributed by atoms with Crippen molar-refractivity contribution in [2.45, 2.75) is 26.3 Å². The van der Waals surface area contributed by atoms with Gasteiger partial charge < -0.3 is 15.1 Å². The number of aromatic nitrogens is 1. The number of allylic oxidation sites excluding steroid dienone is 3. The molecule has 1 saturated heterocycles. The molecule has 0 saturated carbocycles. The van der Waals surface area contributed by atoms with E-state index in [4.69, 9.17) is 0 Å². The minimum absolute atomic E-state index is 0.123. The first kappa shape index (κ1) is 29.2. The summed E-state index contributed by atoms with van der Waals surface area (Å²) in [5.74, 6) is -0.420. The normalized spacial score (nSPS) is 17.6. The van der Waals surface area contributed by atoms with E-state index in [1.807, 2.05) is 60.1 Å². The number of hydrogen-bond acceptors (Lipinski definition) is 5. The number of amides is 2. The first-order chi connectivity index (χ1) is 20.5. The maximum atomic E-state index is 15.4. The van der Waals surface area contributed by atoms with Gasteiger partial charge in [0.1, 0.15) is 5.82 Å². The van der Waals surface area contributed by atoms with Crippen molar-refractivity contribution in [1.29, 1.82) is 0 Å². The number of nitrogens with zero attached hydrogens (tertiary/aromatic N) is 4. The molecular weight excluding hydrogens is 529 g/mol. The van der Waals surface area contributed by atoms with Gasteiger partial charge in [0.05, 0.1) is 11.7 Å². The third-order valence-corrected chi connectivity index (χ3v) is 8.15. The van der Waals surface area contributed by atoms with Crippen LogP contribution in [0.15, 0.2) is 91.3 Å². The molecule has 2 aliphatic rings. The molecule has 5 rings (SSSR count). The fraction of sp³-hybridized carbons (Fsp3) is 0.324. The molecule has 2 heterocycles. The fourth-order valence-electron chi connectivity index (χ4n) is 5.90. The van der Waals surface area contributed by atoms with Gasteiger partial charge in [0.25, 0.3) is 5.91 Å². The van der Waals surface area contributed by atoms with Gasteiger partial charge in [-0.25, -0.2) is 4.39 Å². The Morgan fingerprint density at radius 3 is 2.48 bits per heavy atom. The van der Waals surface area contributed by atoms with Crippen molar-refractivity contribution < 1.29 is 14.0 Å². The molecule has 1 aromatic heterocycles. The Labute approximate surface area is 247 Å². The second kappa shape index (κ2) is 13.6. The van der Waals surface area contributed by atoms with Gasteiger partial charge >= 0.3 is 0 Å². The van der Waals surface area contributed by atoms with Crippen molar-refractivity contribution in [3.05, 3.63) is 103 Å². The Balaban J connectivity index is 1.26. The zero-order valence-corrected chi connectivity index (χ0v) is 24.2. The number of halogens is 1. The van der Waals surface area contributed by atoms with Crippen LogP contribution in [-0.2, 0) is 4.79 Å². The minimum atomic E-state index is -0.391. The lowest BCUT2D eigenvalue weighted by molar-refractivity contribution is -0.138. The van der Waals surface area contributed by atoms with Crippen molar-refractivity contribution >= 4 is 23.2 Å². The number of hydrogen-bond donors (Lipinski definition) is 1. The number of rotatable bonds is 9. The van der Waals surface area contributed by atoms with Crippen LogP contribution in [0.25, 0.3) is 11.1 Å². The maximum Gasteiger partial charge on any atom is 0.256 e. The molecule has 1 aliphatic carbocycles. The van der Waals surface area contributed by atoms with Gasteiger partial charge in [-0.15, -0.1) is 0 Å².